The monoisotopic (exact) mass is 630 g/mol. The molecule has 1 aromatic carbocycles. The van der Waals surface area contributed by atoms with Crippen LogP contribution in [-0.4, -0.2) is 53.0 Å². The largest absolute Gasteiger partial charge is 0.473 e. The van der Waals surface area contributed by atoms with Crippen LogP contribution in [0, 0.1) is 11.7 Å². The number of rotatable bonds is 13. The molecule has 14 heteroatoms. The van der Waals surface area contributed by atoms with Gasteiger partial charge in [0, 0.05) is 19.5 Å². The number of nitrogens with two attached hydrogens (primary N) is 1. The molecule has 43 heavy (non-hydrogen) atoms. The molecule has 2 fully saturated rings. The van der Waals surface area contributed by atoms with Crippen LogP contribution in [0.25, 0.3) is 0 Å². The number of unbranched alkanes of at least 4 members (excludes halogenated alkanes) is 1. The summed E-state index contributed by atoms with van der Waals surface area (Å²) in [5.74, 6) is -0.571. The van der Waals surface area contributed by atoms with E-state index in [1.54, 1.807) is 0 Å². The molecule has 0 spiro atoms. The molecule has 4 rings (SSSR count). The van der Waals surface area contributed by atoms with Gasteiger partial charge in [-0.1, -0.05) is 51.0 Å². The van der Waals surface area contributed by atoms with Gasteiger partial charge in [0.1, 0.15) is 12.1 Å². The SMILES string of the molecule is NC(=O)c1coc(C2CCCN2Cc2cc(F)ccc2CCC(=O)S(=O)(=O)N(CCCCC2CCCCC2)C(F)(F)F)n1. The van der Waals surface area contributed by atoms with Gasteiger partial charge in [0.15, 0.2) is 5.69 Å². The van der Waals surface area contributed by atoms with Crippen LogP contribution in [0.15, 0.2) is 28.9 Å². The normalized spacial score (nSPS) is 18.9. The number of nitrogens with zero attached hydrogens (tertiary/aromatic N) is 3. The lowest BCUT2D eigenvalue weighted by atomic mass is 9.86. The number of aromatic nitrogens is 1. The number of carbonyl (C=O) groups is 2. The first-order valence-electron chi connectivity index (χ1n) is 14.7. The van der Waals surface area contributed by atoms with Crippen LogP contribution in [0.2, 0.25) is 0 Å². The number of primary amides is 1. The summed E-state index contributed by atoms with van der Waals surface area (Å²) in [7, 11) is -5.30. The Bertz CT molecular complexity index is 1380. The van der Waals surface area contributed by atoms with E-state index in [2.05, 4.69) is 4.98 Å². The fraction of sp³-hybridized carbons (Fsp3) is 0.621. The second-order valence-electron chi connectivity index (χ2n) is 11.4. The van der Waals surface area contributed by atoms with Crippen LogP contribution in [0.3, 0.4) is 0 Å². The molecule has 1 aliphatic carbocycles. The molecule has 1 unspecified atom stereocenters. The molecule has 238 valence electrons. The molecule has 1 aromatic heterocycles. The van der Waals surface area contributed by atoms with Crippen molar-refractivity contribution in [3.63, 3.8) is 0 Å². The number of benzene rings is 1. The third-order valence-electron chi connectivity index (χ3n) is 8.37. The summed E-state index contributed by atoms with van der Waals surface area (Å²) >= 11 is 0. The van der Waals surface area contributed by atoms with Crippen molar-refractivity contribution in [1.82, 2.24) is 14.2 Å². The van der Waals surface area contributed by atoms with Crippen LogP contribution in [0.5, 0.6) is 0 Å². The number of halogens is 4. The van der Waals surface area contributed by atoms with Gasteiger partial charge in [-0.25, -0.2) is 17.8 Å². The fourth-order valence-corrected chi connectivity index (χ4v) is 7.34. The van der Waals surface area contributed by atoms with E-state index >= 15 is 0 Å². The number of likely N-dealkylation sites (tertiary alicyclic amines) is 1. The van der Waals surface area contributed by atoms with E-state index in [1.165, 1.54) is 18.6 Å². The average Bonchev–Trinajstić information content (AvgIpc) is 3.62. The van der Waals surface area contributed by atoms with Crippen LogP contribution in [0.4, 0.5) is 17.6 Å². The fourth-order valence-electron chi connectivity index (χ4n) is 6.09. The Kier molecular flexibility index (Phi) is 11.0. The lowest BCUT2D eigenvalue weighted by Gasteiger charge is -2.25. The number of sulfonamides is 1. The molecule has 2 N–H and O–H groups in total. The smallest absolute Gasteiger partial charge is 0.446 e. The van der Waals surface area contributed by atoms with Gasteiger partial charge in [-0.2, -0.15) is 13.2 Å². The average molecular weight is 631 g/mol. The maximum absolute atomic E-state index is 14.2. The standard InChI is InChI=1S/C29H38F4N4O5S/c30-23-13-11-21(22(17-23)18-36-15-6-10-25(36)28-35-24(19-42-28)27(34)39)12-14-26(38)43(40,41)37(29(31,32)33)16-5-4-9-20-7-2-1-3-8-20/h11,13,17,19-20,25H,1-10,12,14-16,18H2,(H2,34,39). The van der Waals surface area contributed by atoms with E-state index in [1.807, 2.05) is 4.90 Å². The predicted octanol–water partition coefficient (Wildman–Crippen LogP) is 5.61. The molecule has 2 heterocycles. The Morgan fingerprint density at radius 3 is 2.49 bits per heavy atom. The molecule has 9 nitrogen and oxygen atoms in total. The van der Waals surface area contributed by atoms with Gasteiger partial charge in [-0.05, 0) is 61.4 Å². The quantitative estimate of drug-likeness (QED) is 0.173. The van der Waals surface area contributed by atoms with Crippen LogP contribution in [0.1, 0.15) is 104 Å². The van der Waals surface area contributed by atoms with Crippen molar-refractivity contribution >= 4 is 21.0 Å². The van der Waals surface area contributed by atoms with Crippen LogP contribution >= 0.6 is 0 Å². The topological polar surface area (TPSA) is 127 Å². The number of aryl methyl sites for hydroxylation is 1. The zero-order valence-corrected chi connectivity index (χ0v) is 24.8. The van der Waals surface area contributed by atoms with E-state index in [-0.39, 0.29) is 37.0 Å². The Morgan fingerprint density at radius 2 is 1.81 bits per heavy atom. The molecule has 0 radical (unpaired) electrons. The summed E-state index contributed by atoms with van der Waals surface area (Å²) in [6.07, 6.45) is 3.12. The molecule has 1 amide bonds. The molecule has 1 saturated heterocycles. The van der Waals surface area contributed by atoms with Gasteiger partial charge in [-0.3, -0.25) is 14.5 Å². The second kappa shape index (κ2) is 14.3. The Balaban J connectivity index is 1.40. The minimum absolute atomic E-state index is 0.00704. The van der Waals surface area contributed by atoms with Gasteiger partial charge in [0.05, 0.1) is 6.04 Å². The highest BCUT2D eigenvalue weighted by Crippen LogP contribution is 2.34. The van der Waals surface area contributed by atoms with Gasteiger partial charge < -0.3 is 10.2 Å². The van der Waals surface area contributed by atoms with E-state index in [0.717, 1.165) is 50.9 Å². The molecule has 2 aromatic rings. The van der Waals surface area contributed by atoms with Crippen molar-refractivity contribution in [3.8, 4) is 0 Å². The summed E-state index contributed by atoms with van der Waals surface area (Å²) < 4.78 is 86.0. The van der Waals surface area contributed by atoms with E-state index in [9.17, 15) is 35.6 Å². The van der Waals surface area contributed by atoms with Crippen molar-refractivity contribution < 1.29 is 40.0 Å². The van der Waals surface area contributed by atoms with Gasteiger partial charge >= 0.3 is 6.30 Å². The van der Waals surface area contributed by atoms with Gasteiger partial charge in [0.2, 0.25) is 5.89 Å². The zero-order valence-electron chi connectivity index (χ0n) is 24.0. The van der Waals surface area contributed by atoms with Crippen molar-refractivity contribution in [3.05, 3.63) is 53.0 Å². The lowest BCUT2D eigenvalue weighted by Crippen LogP contribution is -2.46. The first kappa shape index (κ1) is 33.1. The third-order valence-corrected chi connectivity index (χ3v) is 10.1. The third kappa shape index (κ3) is 8.63. The summed E-state index contributed by atoms with van der Waals surface area (Å²) in [4.78, 5) is 30.2. The zero-order chi connectivity index (χ0) is 31.2. The summed E-state index contributed by atoms with van der Waals surface area (Å²) in [6, 6.07) is 3.48. The van der Waals surface area contributed by atoms with Gasteiger partial charge in [-0.15, -0.1) is 4.31 Å². The van der Waals surface area contributed by atoms with Crippen molar-refractivity contribution in [2.24, 2.45) is 11.7 Å². The lowest BCUT2D eigenvalue weighted by molar-refractivity contribution is -0.210. The van der Waals surface area contributed by atoms with E-state index in [4.69, 9.17) is 10.2 Å². The maximum Gasteiger partial charge on any atom is 0.473 e. The molecule has 1 atom stereocenters. The van der Waals surface area contributed by atoms with Crippen LogP contribution < -0.4 is 5.73 Å². The van der Waals surface area contributed by atoms with Crippen molar-refractivity contribution in [2.75, 3.05) is 13.1 Å². The van der Waals surface area contributed by atoms with Gasteiger partial charge in [0.25, 0.3) is 21.0 Å². The number of amides is 1. The maximum atomic E-state index is 14.2. The Morgan fingerprint density at radius 1 is 1.07 bits per heavy atom. The molecule has 2 aliphatic rings. The summed E-state index contributed by atoms with van der Waals surface area (Å²) in [6.45, 7) is -0.0348. The summed E-state index contributed by atoms with van der Waals surface area (Å²) in [5.41, 5.74) is 6.12. The highest BCUT2D eigenvalue weighted by Gasteiger charge is 2.48. The van der Waals surface area contributed by atoms with E-state index < -0.39 is 50.4 Å². The van der Waals surface area contributed by atoms with Crippen LogP contribution in [-0.2, 0) is 27.8 Å². The number of hydrogen-bond donors (Lipinski definition) is 1. The Hall–Kier alpha value is -2.84. The molecular formula is C29H38F4N4O5S. The van der Waals surface area contributed by atoms with Crippen molar-refractivity contribution in [2.45, 2.75) is 95.9 Å². The molecular weight excluding hydrogens is 592 g/mol. The predicted molar refractivity (Wildman–Crippen MR) is 149 cm³/mol. The van der Waals surface area contributed by atoms with Crippen molar-refractivity contribution in [1.29, 1.82) is 0 Å². The minimum atomic E-state index is -5.30. The number of hydrogen-bond acceptors (Lipinski definition) is 7. The highest BCUT2D eigenvalue weighted by atomic mass is 32.2. The molecule has 1 saturated carbocycles. The molecule has 1 aliphatic heterocycles. The van der Waals surface area contributed by atoms with E-state index in [0.29, 0.717) is 36.4 Å². The summed E-state index contributed by atoms with van der Waals surface area (Å²) in [5, 5.41) is -1.54. The minimum Gasteiger partial charge on any atom is -0.446 e. The Labute approximate surface area is 248 Å². The second-order valence-corrected chi connectivity index (χ2v) is 13.2. The highest BCUT2D eigenvalue weighted by molar-refractivity contribution is 8.04. The number of alkyl halides is 3. The number of oxazole rings is 1. The number of carbonyl (C=O) groups excluding carboxylic acids is 2. The molecule has 0 bridgehead atoms. The first-order chi connectivity index (χ1) is 20.4. The first-order valence-corrected chi connectivity index (χ1v) is 16.2.